The predicted molar refractivity (Wildman–Crippen MR) is 222 cm³/mol. The van der Waals surface area contributed by atoms with Crippen LogP contribution in [0.15, 0.2) is 154 Å². The molecule has 0 unspecified atom stereocenters. The third-order valence-electron chi connectivity index (χ3n) is 8.45. The molecule has 61 heavy (non-hydrogen) atoms. The van der Waals surface area contributed by atoms with E-state index in [2.05, 4.69) is 47.1 Å². The smallest absolute Gasteiger partial charge is 0.302 e. The highest BCUT2D eigenvalue weighted by Gasteiger charge is 2.23. The highest BCUT2D eigenvalue weighted by Crippen LogP contribution is 2.43. The number of hydrogen-bond donors (Lipinski definition) is 6. The fraction of sp³-hybridized carbons (Fsp3) is 0.105. The number of methoxy groups -OCH3 is 1. The number of fused-ring (bicyclic) bond motifs is 1. The van der Waals surface area contributed by atoms with E-state index in [4.69, 9.17) is 4.74 Å². The summed E-state index contributed by atoms with van der Waals surface area (Å²) in [6.07, 6.45) is 3.07. The van der Waals surface area contributed by atoms with E-state index in [1.165, 1.54) is 79.9 Å². The monoisotopic (exact) mass is 888 g/mol. The summed E-state index contributed by atoms with van der Waals surface area (Å²) in [6.45, 7) is 1.65. The first-order valence-corrected chi connectivity index (χ1v) is 21.8. The van der Waals surface area contributed by atoms with Crippen LogP contribution in [-0.4, -0.2) is 57.0 Å². The minimum atomic E-state index is -4.95. The van der Waals surface area contributed by atoms with Crippen LogP contribution in [0.1, 0.15) is 19.8 Å². The number of ether oxygens (including phenoxy) is 1. The number of allylic oxidation sites excluding steroid dienone is 1. The fourth-order valence-corrected chi connectivity index (χ4v) is 7.14. The average molecular weight is 889 g/mol. The minimum absolute atomic E-state index is 0.0586. The molecule has 6 N–H and O–H groups in total. The topological polar surface area (TPSA) is 308 Å². The summed E-state index contributed by atoms with van der Waals surface area (Å²) in [6, 6.07) is 19.3. The molecule has 23 heteroatoms. The standard InChI is InChI=1S/C38H32N8O12S3/c1-3-36(47)40-33-20-26(11-15-31(33)44-41-23-9-13-28(14-10-23)59(49,50)51)42-43-27-12-16-32(34(21-27)58-2)45-46-37-35(61(55,56)57)17-22-7-8-25(19-30(22)38(37)48)39-24-5-4-6-29(18-24)60(52,53)54/h4,6-17,19-21,39,48H,3,5H2,1-2H3,(H,40,47)(H,49,50,51)(H,52,53,54)(H,55,56,57)/b43-42-,44-41?,46-45-. The van der Waals surface area contributed by atoms with Crippen LogP contribution in [0.25, 0.3) is 10.8 Å². The van der Waals surface area contributed by atoms with Crippen molar-refractivity contribution in [1.29, 1.82) is 0 Å². The van der Waals surface area contributed by atoms with E-state index in [-0.39, 0.29) is 74.3 Å². The number of aromatic hydroxyl groups is 1. The lowest BCUT2D eigenvalue weighted by molar-refractivity contribution is -0.115. The number of phenolic OH excluding ortho intramolecular Hbond substituents is 1. The summed E-state index contributed by atoms with van der Waals surface area (Å²) in [5.74, 6) is -0.893. The summed E-state index contributed by atoms with van der Waals surface area (Å²) >= 11 is 0. The van der Waals surface area contributed by atoms with E-state index in [1.807, 2.05) is 0 Å². The van der Waals surface area contributed by atoms with Gasteiger partial charge in [0.25, 0.3) is 20.2 Å². The maximum Gasteiger partial charge on any atom is 0.302 e. The normalized spacial score (nSPS) is 13.5. The Morgan fingerprint density at radius 1 is 0.738 bits per heavy atom. The second kappa shape index (κ2) is 17.7. The summed E-state index contributed by atoms with van der Waals surface area (Å²) in [5, 5.41) is 42.0. The zero-order chi connectivity index (χ0) is 44.1. The second-order valence-corrected chi connectivity index (χ2v) is 16.9. The van der Waals surface area contributed by atoms with Crippen molar-refractivity contribution in [3.05, 3.63) is 113 Å². The molecule has 0 saturated heterocycles. The Kier molecular flexibility index (Phi) is 12.7. The molecule has 0 aromatic heterocycles. The van der Waals surface area contributed by atoms with Gasteiger partial charge in [-0.3, -0.25) is 18.5 Å². The molecule has 1 aliphatic carbocycles. The molecule has 0 spiro atoms. The molecule has 0 fully saturated rings. The van der Waals surface area contributed by atoms with Crippen LogP contribution >= 0.6 is 0 Å². The van der Waals surface area contributed by atoms with Crippen LogP contribution in [0.4, 0.5) is 45.5 Å². The van der Waals surface area contributed by atoms with Crippen molar-refractivity contribution in [1.82, 2.24) is 0 Å². The number of nitrogens with one attached hydrogen (secondary N) is 2. The minimum Gasteiger partial charge on any atom is -0.505 e. The summed E-state index contributed by atoms with van der Waals surface area (Å²) in [4.78, 5) is 10.8. The van der Waals surface area contributed by atoms with E-state index in [0.29, 0.717) is 11.4 Å². The van der Waals surface area contributed by atoms with Gasteiger partial charge in [-0.1, -0.05) is 24.8 Å². The van der Waals surface area contributed by atoms with Crippen molar-refractivity contribution < 1.29 is 53.5 Å². The largest absolute Gasteiger partial charge is 0.505 e. The van der Waals surface area contributed by atoms with Crippen LogP contribution < -0.4 is 15.4 Å². The first kappa shape index (κ1) is 43.6. The maximum absolute atomic E-state index is 12.4. The molecular weight excluding hydrogens is 857 g/mol. The Morgan fingerprint density at radius 3 is 2.02 bits per heavy atom. The average Bonchev–Trinajstić information content (AvgIpc) is 3.21. The predicted octanol–water partition coefficient (Wildman–Crippen LogP) is 9.27. The molecule has 0 atom stereocenters. The fourth-order valence-electron chi connectivity index (χ4n) is 5.48. The lowest BCUT2D eigenvalue weighted by Crippen LogP contribution is -2.09. The van der Waals surface area contributed by atoms with Crippen molar-refractivity contribution in [2.75, 3.05) is 17.7 Å². The van der Waals surface area contributed by atoms with E-state index in [0.717, 1.165) is 18.2 Å². The molecule has 314 valence electrons. The second-order valence-electron chi connectivity index (χ2n) is 12.7. The van der Waals surface area contributed by atoms with Gasteiger partial charge in [0.1, 0.15) is 32.6 Å². The SMILES string of the molecule is CCC(=O)Nc1cc(/N=N\c2ccc(/N=N\c3c(S(=O)(=O)O)cc4ccc(NC5=C=C(S(=O)(=O)O)C=CC5)cc4c3O)c(OC)c2)ccc1N=Nc1ccc(S(=O)(=O)O)cc1. The molecular formula is C38H32N8O12S3. The van der Waals surface area contributed by atoms with Crippen LogP contribution in [0.5, 0.6) is 11.5 Å². The van der Waals surface area contributed by atoms with Crippen molar-refractivity contribution in [3.63, 3.8) is 0 Å². The van der Waals surface area contributed by atoms with Gasteiger partial charge >= 0.3 is 10.1 Å². The van der Waals surface area contributed by atoms with E-state index >= 15 is 0 Å². The zero-order valence-corrected chi connectivity index (χ0v) is 34.1. The molecule has 6 rings (SSSR count). The van der Waals surface area contributed by atoms with Gasteiger partial charge in [-0.15, -0.1) is 15.3 Å². The molecule has 0 heterocycles. The Bertz CT molecular complexity index is 3130. The van der Waals surface area contributed by atoms with E-state index in [1.54, 1.807) is 13.0 Å². The summed E-state index contributed by atoms with van der Waals surface area (Å²) in [5.41, 5.74) is 3.94. The number of carbonyl (C=O) groups excluding carboxylic acids is 1. The van der Waals surface area contributed by atoms with Gasteiger partial charge in [-0.05, 0) is 84.3 Å². The zero-order valence-electron chi connectivity index (χ0n) is 31.6. The van der Waals surface area contributed by atoms with Crippen molar-refractivity contribution in [2.24, 2.45) is 30.7 Å². The summed E-state index contributed by atoms with van der Waals surface area (Å²) < 4.78 is 105. The van der Waals surface area contributed by atoms with Crippen molar-refractivity contribution >= 4 is 92.5 Å². The number of rotatable bonds is 14. The molecule has 0 aliphatic heterocycles. The maximum atomic E-state index is 12.4. The van der Waals surface area contributed by atoms with Gasteiger partial charge in [0.15, 0.2) is 5.75 Å². The Hall–Kier alpha value is -6.98. The molecule has 1 amide bonds. The van der Waals surface area contributed by atoms with Gasteiger partial charge in [-0.2, -0.15) is 40.6 Å². The van der Waals surface area contributed by atoms with Gasteiger partial charge in [0, 0.05) is 30.0 Å². The number of nitrogens with zero attached hydrogens (tertiary/aromatic N) is 6. The van der Waals surface area contributed by atoms with Crippen LogP contribution in [-0.2, 0) is 35.1 Å². The molecule has 5 aromatic carbocycles. The highest BCUT2D eigenvalue weighted by atomic mass is 32.2. The van der Waals surface area contributed by atoms with Gasteiger partial charge < -0.3 is 20.5 Å². The van der Waals surface area contributed by atoms with E-state index < -0.39 is 51.6 Å². The van der Waals surface area contributed by atoms with Crippen LogP contribution in [0.2, 0.25) is 0 Å². The number of benzene rings is 5. The van der Waals surface area contributed by atoms with E-state index in [9.17, 15) is 48.8 Å². The number of anilines is 2. The Balaban J connectivity index is 1.27. The van der Waals surface area contributed by atoms with Crippen molar-refractivity contribution in [3.8, 4) is 11.5 Å². The van der Waals surface area contributed by atoms with Crippen molar-refractivity contribution in [2.45, 2.75) is 29.6 Å². The first-order chi connectivity index (χ1) is 28.8. The van der Waals surface area contributed by atoms with Gasteiger partial charge in [-0.25, -0.2) is 0 Å². The molecule has 5 aromatic rings. The molecule has 1 aliphatic rings. The van der Waals surface area contributed by atoms with Gasteiger partial charge in [0.2, 0.25) is 5.91 Å². The third kappa shape index (κ3) is 10.8. The quantitative estimate of drug-likeness (QED) is 0.0344. The van der Waals surface area contributed by atoms with Crippen LogP contribution in [0.3, 0.4) is 0 Å². The molecule has 0 saturated carbocycles. The third-order valence-corrected chi connectivity index (χ3v) is 11.0. The number of amides is 1. The lowest BCUT2D eigenvalue weighted by atomic mass is 10.1. The first-order valence-electron chi connectivity index (χ1n) is 17.4. The highest BCUT2D eigenvalue weighted by molar-refractivity contribution is 7.90. The van der Waals surface area contributed by atoms with Crippen LogP contribution in [0, 0.1) is 0 Å². The molecule has 0 radical (unpaired) electrons. The number of hydrogen-bond acceptors (Lipinski definition) is 16. The summed E-state index contributed by atoms with van der Waals surface area (Å²) in [7, 11) is -12.5. The Labute approximate surface area is 347 Å². The number of azo groups is 3. The van der Waals surface area contributed by atoms with Gasteiger partial charge in [0.05, 0.1) is 40.5 Å². The number of phenols is 1. The Morgan fingerprint density at radius 2 is 1.38 bits per heavy atom. The molecule has 0 bridgehead atoms. The lowest BCUT2D eigenvalue weighted by Gasteiger charge is -2.13. The molecule has 20 nitrogen and oxygen atoms in total. The number of carbonyl (C=O) groups is 1.